The Bertz CT molecular complexity index is 933. The van der Waals surface area contributed by atoms with E-state index < -0.39 is 0 Å². The van der Waals surface area contributed by atoms with Gasteiger partial charge in [0.15, 0.2) is 11.5 Å². The van der Waals surface area contributed by atoms with Crippen LogP contribution in [0.1, 0.15) is 47.4 Å². The fourth-order valence-corrected chi connectivity index (χ4v) is 4.04. The van der Waals surface area contributed by atoms with E-state index in [2.05, 4.69) is 49.5 Å². The van der Waals surface area contributed by atoms with E-state index in [-0.39, 0.29) is 18.4 Å². The smallest absolute Gasteiger partial charge is 0.225 e. The second kappa shape index (κ2) is 9.61. The number of nitrogens with one attached hydrogen (secondary N) is 1. The lowest BCUT2D eigenvalue weighted by molar-refractivity contribution is -0.120. The highest BCUT2D eigenvalue weighted by Gasteiger charge is 2.19. The molecular weight excluding hydrogens is 382 g/mol. The van der Waals surface area contributed by atoms with Gasteiger partial charge in [-0.05, 0) is 46.2 Å². The molecule has 29 heavy (non-hydrogen) atoms. The van der Waals surface area contributed by atoms with Gasteiger partial charge in [0.25, 0.3) is 0 Å². The number of ether oxygens (including phenoxy) is 2. The third-order valence-corrected chi connectivity index (χ3v) is 5.82. The van der Waals surface area contributed by atoms with Crippen LogP contribution in [0.3, 0.4) is 0 Å². The van der Waals surface area contributed by atoms with Gasteiger partial charge >= 0.3 is 0 Å². The van der Waals surface area contributed by atoms with Crippen molar-refractivity contribution in [2.24, 2.45) is 0 Å². The molecule has 1 amide bonds. The zero-order chi connectivity index (χ0) is 20.8. The number of carbonyl (C=O) groups excluding carboxylic acids is 1. The normalized spacial score (nSPS) is 11.9. The number of carbonyl (C=O) groups is 1. The Morgan fingerprint density at radius 2 is 1.66 bits per heavy atom. The molecule has 0 radical (unpaired) electrons. The van der Waals surface area contributed by atoms with Crippen LogP contribution in [0, 0.1) is 0 Å². The Morgan fingerprint density at radius 3 is 2.24 bits per heavy atom. The second-order valence-electron chi connectivity index (χ2n) is 7.20. The number of thiophene rings is 1. The lowest BCUT2D eigenvalue weighted by atomic mass is 9.98. The van der Waals surface area contributed by atoms with E-state index in [1.807, 2.05) is 29.6 Å². The van der Waals surface area contributed by atoms with Crippen molar-refractivity contribution in [2.75, 3.05) is 14.2 Å². The molecule has 3 aromatic rings. The summed E-state index contributed by atoms with van der Waals surface area (Å²) >= 11 is 1.64. The number of amides is 1. The third-order valence-electron chi connectivity index (χ3n) is 4.88. The molecule has 1 N–H and O–H groups in total. The Hall–Kier alpha value is -2.79. The maximum atomic E-state index is 12.8. The molecular formula is C24H27NO3S. The Balaban J connectivity index is 1.78. The molecule has 0 aliphatic heterocycles. The second-order valence-corrected chi connectivity index (χ2v) is 8.18. The first kappa shape index (κ1) is 20.9. The van der Waals surface area contributed by atoms with Gasteiger partial charge in [-0.2, -0.15) is 0 Å². The molecule has 1 aromatic heterocycles. The van der Waals surface area contributed by atoms with Gasteiger partial charge in [-0.15, -0.1) is 11.3 Å². The highest BCUT2D eigenvalue weighted by molar-refractivity contribution is 7.10. The molecule has 4 nitrogen and oxygen atoms in total. The summed E-state index contributed by atoms with van der Waals surface area (Å²) in [6, 6.07) is 18.0. The van der Waals surface area contributed by atoms with E-state index in [1.165, 1.54) is 5.56 Å². The van der Waals surface area contributed by atoms with Gasteiger partial charge in [-0.1, -0.05) is 50.2 Å². The average Bonchev–Trinajstić information content (AvgIpc) is 3.26. The predicted molar refractivity (Wildman–Crippen MR) is 118 cm³/mol. The van der Waals surface area contributed by atoms with Crippen LogP contribution in [-0.2, 0) is 11.2 Å². The highest BCUT2D eigenvalue weighted by atomic mass is 32.1. The van der Waals surface area contributed by atoms with Gasteiger partial charge in [0.05, 0.1) is 26.7 Å². The summed E-state index contributed by atoms with van der Waals surface area (Å²) in [6.07, 6.45) is 0.270. The van der Waals surface area contributed by atoms with Crippen molar-refractivity contribution in [1.29, 1.82) is 0 Å². The minimum atomic E-state index is -0.163. The van der Waals surface area contributed by atoms with E-state index in [1.54, 1.807) is 25.6 Å². The van der Waals surface area contributed by atoms with Crippen LogP contribution in [0.2, 0.25) is 0 Å². The quantitative estimate of drug-likeness (QED) is 0.546. The van der Waals surface area contributed by atoms with Gasteiger partial charge in [-0.25, -0.2) is 0 Å². The molecule has 3 rings (SSSR count). The molecule has 0 saturated carbocycles. The largest absolute Gasteiger partial charge is 0.493 e. The lowest BCUT2D eigenvalue weighted by Crippen LogP contribution is -2.30. The topological polar surface area (TPSA) is 47.6 Å². The van der Waals surface area contributed by atoms with Gasteiger partial charge in [0.1, 0.15) is 0 Å². The number of hydrogen-bond donors (Lipinski definition) is 1. The van der Waals surface area contributed by atoms with Crippen LogP contribution in [0.4, 0.5) is 0 Å². The van der Waals surface area contributed by atoms with Crippen molar-refractivity contribution in [3.8, 4) is 11.5 Å². The number of methoxy groups -OCH3 is 2. The Kier molecular flexibility index (Phi) is 6.94. The first-order chi connectivity index (χ1) is 14.0. The van der Waals surface area contributed by atoms with E-state index in [0.717, 1.165) is 16.0 Å². The van der Waals surface area contributed by atoms with Crippen molar-refractivity contribution in [2.45, 2.75) is 32.2 Å². The highest BCUT2D eigenvalue weighted by Crippen LogP contribution is 2.29. The fourth-order valence-electron chi connectivity index (χ4n) is 3.24. The molecule has 1 heterocycles. The van der Waals surface area contributed by atoms with Crippen LogP contribution in [0.5, 0.6) is 11.5 Å². The van der Waals surface area contributed by atoms with E-state index >= 15 is 0 Å². The van der Waals surface area contributed by atoms with Crippen LogP contribution in [0.15, 0.2) is 60.0 Å². The summed E-state index contributed by atoms with van der Waals surface area (Å²) in [5, 5.41) is 5.23. The van der Waals surface area contributed by atoms with Crippen LogP contribution in [-0.4, -0.2) is 20.1 Å². The van der Waals surface area contributed by atoms with Gasteiger partial charge < -0.3 is 14.8 Å². The molecule has 0 saturated heterocycles. The first-order valence-corrected chi connectivity index (χ1v) is 10.5. The molecule has 0 bridgehead atoms. The summed E-state index contributed by atoms with van der Waals surface area (Å²) < 4.78 is 10.6. The van der Waals surface area contributed by atoms with Crippen molar-refractivity contribution < 1.29 is 14.3 Å². The molecule has 0 spiro atoms. The molecule has 0 fully saturated rings. The zero-order valence-corrected chi connectivity index (χ0v) is 18.1. The monoisotopic (exact) mass is 409 g/mol. The third kappa shape index (κ3) is 5.18. The summed E-state index contributed by atoms with van der Waals surface area (Å²) in [6.45, 7) is 4.35. The summed E-state index contributed by atoms with van der Waals surface area (Å²) in [5.74, 6) is 1.71. The minimum absolute atomic E-state index is 0.0384. The molecule has 152 valence electrons. The van der Waals surface area contributed by atoms with Crippen molar-refractivity contribution in [3.63, 3.8) is 0 Å². The molecule has 1 unspecified atom stereocenters. The molecule has 0 aliphatic rings. The number of rotatable bonds is 8. The van der Waals surface area contributed by atoms with Crippen LogP contribution < -0.4 is 14.8 Å². The fraction of sp³-hybridized carbons (Fsp3) is 0.292. The van der Waals surface area contributed by atoms with E-state index in [4.69, 9.17) is 9.47 Å². The van der Waals surface area contributed by atoms with Crippen molar-refractivity contribution in [1.82, 2.24) is 5.32 Å². The molecule has 2 aromatic carbocycles. The molecule has 0 aliphatic carbocycles. The number of hydrogen-bond acceptors (Lipinski definition) is 4. The minimum Gasteiger partial charge on any atom is -0.493 e. The van der Waals surface area contributed by atoms with E-state index in [0.29, 0.717) is 17.4 Å². The van der Waals surface area contributed by atoms with Gasteiger partial charge in [0, 0.05) is 4.88 Å². The predicted octanol–water partition coefficient (Wildman–Crippen LogP) is 5.34. The van der Waals surface area contributed by atoms with Gasteiger partial charge in [0.2, 0.25) is 5.91 Å². The summed E-state index contributed by atoms with van der Waals surface area (Å²) in [7, 11) is 3.19. The van der Waals surface area contributed by atoms with Crippen LogP contribution >= 0.6 is 11.3 Å². The maximum absolute atomic E-state index is 12.8. The summed E-state index contributed by atoms with van der Waals surface area (Å²) in [4.78, 5) is 14.0. The Labute approximate surface area is 176 Å². The SMILES string of the molecule is COc1ccc(CC(=O)NC(c2ccc(C(C)C)cc2)c2cccs2)cc1OC. The maximum Gasteiger partial charge on any atom is 0.225 e. The lowest BCUT2D eigenvalue weighted by Gasteiger charge is -2.19. The molecule has 5 heteroatoms. The van der Waals surface area contributed by atoms with Crippen molar-refractivity contribution in [3.05, 3.63) is 81.5 Å². The van der Waals surface area contributed by atoms with Gasteiger partial charge in [-0.3, -0.25) is 4.79 Å². The molecule has 1 atom stereocenters. The standard InChI is InChI=1S/C24H27NO3S/c1-16(2)18-8-10-19(11-9-18)24(22-6-5-13-29-22)25-23(26)15-17-7-12-20(27-3)21(14-17)28-4/h5-14,16,24H,15H2,1-4H3,(H,25,26). The van der Waals surface area contributed by atoms with Crippen LogP contribution in [0.25, 0.3) is 0 Å². The number of benzene rings is 2. The first-order valence-electron chi connectivity index (χ1n) is 9.65. The van der Waals surface area contributed by atoms with Crippen molar-refractivity contribution >= 4 is 17.2 Å². The van der Waals surface area contributed by atoms with E-state index in [9.17, 15) is 4.79 Å². The Morgan fingerprint density at radius 1 is 0.966 bits per heavy atom. The summed E-state index contributed by atoms with van der Waals surface area (Å²) in [5.41, 5.74) is 3.24. The zero-order valence-electron chi connectivity index (χ0n) is 17.3. The average molecular weight is 410 g/mol.